The van der Waals surface area contributed by atoms with Crippen molar-refractivity contribution in [1.29, 1.82) is 0 Å². The van der Waals surface area contributed by atoms with Crippen molar-refractivity contribution in [2.75, 3.05) is 27.3 Å². The van der Waals surface area contributed by atoms with E-state index in [1.54, 1.807) is 24.1 Å². The molecule has 0 spiro atoms. The molecule has 1 atom stereocenters. The lowest BCUT2D eigenvalue weighted by atomic mass is 10.1. The third-order valence-corrected chi connectivity index (χ3v) is 6.38. The van der Waals surface area contributed by atoms with E-state index in [4.69, 9.17) is 4.74 Å². The Hall–Kier alpha value is -2.22. The fourth-order valence-corrected chi connectivity index (χ4v) is 4.43. The van der Waals surface area contributed by atoms with Gasteiger partial charge in [0.1, 0.15) is 0 Å². The topological polar surface area (TPSA) is 75.7 Å². The molecule has 1 aliphatic rings. The highest BCUT2D eigenvalue weighted by atomic mass is 32.2. The molecular formula is C20H24N2O4S. The summed E-state index contributed by atoms with van der Waals surface area (Å²) in [7, 11) is -0.300. The first-order chi connectivity index (χ1) is 12.9. The third-order valence-electron chi connectivity index (χ3n) is 4.90. The van der Waals surface area contributed by atoms with Crippen molar-refractivity contribution >= 4 is 15.9 Å². The smallest absolute Gasteiger partial charge is 0.254 e. The summed E-state index contributed by atoms with van der Waals surface area (Å²) < 4.78 is 31.7. The molecule has 0 fully saturated rings. The molecule has 2 aromatic rings. The average Bonchev–Trinajstić information content (AvgIpc) is 3.11. The first kappa shape index (κ1) is 19.5. The molecule has 0 saturated heterocycles. The SMILES string of the molecule is COCCNS(=O)(=O)c1ccc(C(=O)N(C)C2CCc3ccccc32)cc1. The van der Waals surface area contributed by atoms with Gasteiger partial charge >= 0.3 is 0 Å². The molecule has 0 heterocycles. The van der Waals surface area contributed by atoms with Crippen LogP contribution >= 0.6 is 0 Å². The van der Waals surface area contributed by atoms with Crippen LogP contribution in [0.5, 0.6) is 0 Å². The van der Waals surface area contributed by atoms with Crippen molar-refractivity contribution in [3.05, 3.63) is 65.2 Å². The van der Waals surface area contributed by atoms with Gasteiger partial charge in [-0.15, -0.1) is 0 Å². The summed E-state index contributed by atoms with van der Waals surface area (Å²) in [5.41, 5.74) is 2.94. The minimum atomic E-state index is -3.61. The molecule has 6 nitrogen and oxygen atoms in total. The van der Waals surface area contributed by atoms with E-state index in [1.807, 2.05) is 12.1 Å². The van der Waals surface area contributed by atoms with Crippen LogP contribution in [-0.4, -0.2) is 46.5 Å². The molecule has 144 valence electrons. The van der Waals surface area contributed by atoms with Gasteiger partial charge in [0.15, 0.2) is 0 Å². The van der Waals surface area contributed by atoms with Crippen LogP contribution in [-0.2, 0) is 21.2 Å². The first-order valence-corrected chi connectivity index (χ1v) is 10.4. The summed E-state index contributed by atoms with van der Waals surface area (Å²) in [5, 5.41) is 0. The number of hydrogen-bond acceptors (Lipinski definition) is 4. The highest BCUT2D eigenvalue weighted by molar-refractivity contribution is 7.89. The highest BCUT2D eigenvalue weighted by Crippen LogP contribution is 2.35. The van der Waals surface area contributed by atoms with E-state index in [2.05, 4.69) is 16.9 Å². The maximum absolute atomic E-state index is 12.9. The van der Waals surface area contributed by atoms with Gasteiger partial charge in [-0.3, -0.25) is 4.79 Å². The molecule has 1 N–H and O–H groups in total. The maximum Gasteiger partial charge on any atom is 0.254 e. The van der Waals surface area contributed by atoms with Gasteiger partial charge in [0.25, 0.3) is 5.91 Å². The van der Waals surface area contributed by atoms with Crippen molar-refractivity contribution in [2.45, 2.75) is 23.8 Å². The molecule has 27 heavy (non-hydrogen) atoms. The number of benzene rings is 2. The van der Waals surface area contributed by atoms with Gasteiger partial charge in [-0.1, -0.05) is 24.3 Å². The van der Waals surface area contributed by atoms with Crippen molar-refractivity contribution in [3.8, 4) is 0 Å². The van der Waals surface area contributed by atoms with Crippen LogP contribution in [0.25, 0.3) is 0 Å². The molecule has 0 aliphatic heterocycles. The zero-order valence-corrected chi connectivity index (χ0v) is 16.3. The molecule has 1 unspecified atom stereocenters. The number of carbonyl (C=O) groups excluding carboxylic acids is 1. The number of nitrogens with zero attached hydrogens (tertiary/aromatic N) is 1. The Morgan fingerprint density at radius 2 is 1.89 bits per heavy atom. The van der Waals surface area contributed by atoms with E-state index in [0.717, 1.165) is 12.8 Å². The Balaban J connectivity index is 1.73. The van der Waals surface area contributed by atoms with Gasteiger partial charge in [-0.05, 0) is 48.2 Å². The lowest BCUT2D eigenvalue weighted by Gasteiger charge is -2.25. The summed E-state index contributed by atoms with van der Waals surface area (Å²) in [6, 6.07) is 14.3. The molecule has 3 rings (SSSR count). The quantitative estimate of drug-likeness (QED) is 0.739. The van der Waals surface area contributed by atoms with Gasteiger partial charge in [0.2, 0.25) is 10.0 Å². The largest absolute Gasteiger partial charge is 0.383 e. The summed E-state index contributed by atoms with van der Waals surface area (Å²) in [5.74, 6) is -0.118. The van der Waals surface area contributed by atoms with Crippen molar-refractivity contribution < 1.29 is 17.9 Å². The zero-order chi connectivity index (χ0) is 19.4. The fraction of sp³-hybridized carbons (Fsp3) is 0.350. The van der Waals surface area contributed by atoms with E-state index in [1.165, 1.54) is 30.4 Å². The lowest BCUT2D eigenvalue weighted by molar-refractivity contribution is 0.0730. The summed E-state index contributed by atoms with van der Waals surface area (Å²) in [4.78, 5) is 14.7. The average molecular weight is 388 g/mol. The number of ether oxygens (including phenoxy) is 1. The number of hydrogen-bond donors (Lipinski definition) is 1. The summed E-state index contributed by atoms with van der Waals surface area (Å²) in [6.45, 7) is 0.493. The van der Waals surface area contributed by atoms with Crippen LogP contribution in [0, 0.1) is 0 Å². The molecule has 1 amide bonds. The second kappa shape index (κ2) is 8.21. The Labute approximate surface area is 160 Å². The normalized spacial score (nSPS) is 16.1. The molecule has 1 aliphatic carbocycles. The van der Waals surface area contributed by atoms with E-state index in [9.17, 15) is 13.2 Å². The van der Waals surface area contributed by atoms with Gasteiger partial charge in [0, 0.05) is 26.3 Å². The Kier molecular flexibility index (Phi) is 5.94. The van der Waals surface area contributed by atoms with Gasteiger partial charge in [0.05, 0.1) is 17.5 Å². The number of methoxy groups -OCH3 is 1. The lowest BCUT2D eigenvalue weighted by Crippen LogP contribution is -2.30. The molecule has 0 aromatic heterocycles. The van der Waals surface area contributed by atoms with Gasteiger partial charge in [-0.2, -0.15) is 0 Å². The minimum Gasteiger partial charge on any atom is -0.383 e. The predicted molar refractivity (Wildman–Crippen MR) is 103 cm³/mol. The van der Waals surface area contributed by atoms with Crippen LogP contribution < -0.4 is 4.72 Å². The number of sulfonamides is 1. The van der Waals surface area contributed by atoms with Crippen LogP contribution in [0.4, 0.5) is 0 Å². The second-order valence-corrected chi connectivity index (χ2v) is 8.35. The monoisotopic (exact) mass is 388 g/mol. The van der Waals surface area contributed by atoms with Gasteiger partial charge < -0.3 is 9.64 Å². The zero-order valence-electron chi connectivity index (χ0n) is 15.5. The Morgan fingerprint density at radius 3 is 2.59 bits per heavy atom. The van der Waals surface area contributed by atoms with E-state index in [0.29, 0.717) is 12.2 Å². The third kappa shape index (κ3) is 4.21. The number of rotatable bonds is 7. The van der Waals surface area contributed by atoms with Gasteiger partial charge in [-0.25, -0.2) is 13.1 Å². The number of carbonyl (C=O) groups is 1. The number of aryl methyl sites for hydroxylation is 1. The Bertz CT molecular complexity index is 910. The van der Waals surface area contributed by atoms with E-state index >= 15 is 0 Å². The van der Waals surface area contributed by atoms with Crippen LogP contribution in [0.1, 0.15) is 33.9 Å². The minimum absolute atomic E-state index is 0.0489. The molecule has 2 aromatic carbocycles. The predicted octanol–water partition coefficient (Wildman–Crippen LogP) is 2.37. The van der Waals surface area contributed by atoms with Crippen molar-refractivity contribution in [3.63, 3.8) is 0 Å². The van der Waals surface area contributed by atoms with Crippen LogP contribution in [0.3, 0.4) is 0 Å². The molecule has 7 heteroatoms. The van der Waals surface area contributed by atoms with Crippen LogP contribution in [0.2, 0.25) is 0 Å². The number of amides is 1. The second-order valence-electron chi connectivity index (χ2n) is 6.58. The maximum atomic E-state index is 12.9. The van der Waals surface area contributed by atoms with Crippen molar-refractivity contribution in [1.82, 2.24) is 9.62 Å². The van der Waals surface area contributed by atoms with Crippen LogP contribution in [0.15, 0.2) is 53.4 Å². The highest BCUT2D eigenvalue weighted by Gasteiger charge is 2.29. The molecule has 0 saturated carbocycles. The van der Waals surface area contributed by atoms with E-state index < -0.39 is 10.0 Å². The van der Waals surface area contributed by atoms with E-state index in [-0.39, 0.29) is 23.4 Å². The molecule has 0 radical (unpaired) electrons. The molecular weight excluding hydrogens is 364 g/mol. The summed E-state index contributed by atoms with van der Waals surface area (Å²) in [6.07, 6.45) is 1.86. The fourth-order valence-electron chi connectivity index (χ4n) is 3.42. The Morgan fingerprint density at radius 1 is 1.19 bits per heavy atom. The summed E-state index contributed by atoms with van der Waals surface area (Å²) >= 11 is 0. The standard InChI is InChI=1S/C20H24N2O4S/c1-22(19-12-9-15-5-3-4-6-18(15)19)20(23)16-7-10-17(11-8-16)27(24,25)21-13-14-26-2/h3-8,10-11,19,21H,9,12-14H2,1-2H3. The molecule has 0 bridgehead atoms. The van der Waals surface area contributed by atoms with Crippen molar-refractivity contribution in [2.24, 2.45) is 0 Å². The first-order valence-electron chi connectivity index (χ1n) is 8.87. The number of fused-ring (bicyclic) bond motifs is 1. The number of nitrogens with one attached hydrogen (secondary N) is 1.